The quantitative estimate of drug-likeness (QED) is 0.834. The van der Waals surface area contributed by atoms with E-state index in [1.165, 1.54) is 0 Å². The zero-order chi connectivity index (χ0) is 18.4. The van der Waals surface area contributed by atoms with Crippen molar-refractivity contribution in [3.05, 3.63) is 53.6 Å². The van der Waals surface area contributed by atoms with Crippen molar-refractivity contribution >= 4 is 5.91 Å². The zero-order valence-corrected chi connectivity index (χ0v) is 15.3. The van der Waals surface area contributed by atoms with E-state index >= 15 is 0 Å². The van der Waals surface area contributed by atoms with Crippen molar-refractivity contribution in [1.82, 2.24) is 5.32 Å². The molecular formula is C20H25NO4. The summed E-state index contributed by atoms with van der Waals surface area (Å²) in [6.07, 6.45) is -0.592. The number of rotatable bonds is 7. The number of carbonyl (C=O) groups excluding carboxylic acids is 1. The highest BCUT2D eigenvalue weighted by Gasteiger charge is 2.18. The third-order valence-electron chi connectivity index (χ3n) is 3.97. The van der Waals surface area contributed by atoms with Crippen molar-refractivity contribution in [2.75, 3.05) is 14.2 Å². The predicted octanol–water partition coefficient (Wildman–Crippen LogP) is 3.66. The highest BCUT2D eigenvalue weighted by Crippen LogP contribution is 2.29. The van der Waals surface area contributed by atoms with Crippen LogP contribution >= 0.6 is 0 Å². The smallest absolute Gasteiger partial charge is 0.261 e. The molecule has 134 valence electrons. The van der Waals surface area contributed by atoms with E-state index < -0.39 is 6.10 Å². The van der Waals surface area contributed by atoms with Gasteiger partial charge in [-0.1, -0.05) is 23.8 Å². The minimum absolute atomic E-state index is 0.178. The molecule has 1 N–H and O–H groups in total. The lowest BCUT2D eigenvalue weighted by Crippen LogP contribution is -2.37. The minimum atomic E-state index is -0.592. The molecule has 2 aromatic carbocycles. The number of hydrogen-bond donors (Lipinski definition) is 1. The van der Waals surface area contributed by atoms with Gasteiger partial charge in [0.2, 0.25) is 0 Å². The molecule has 0 unspecified atom stereocenters. The van der Waals surface area contributed by atoms with Crippen LogP contribution in [0, 0.1) is 6.92 Å². The standard InChI is InChI=1S/C20H25NO4/c1-13-6-9-17(10-7-13)25-15(3)20(22)21-14(2)16-8-11-18(23-4)19(12-16)24-5/h6-12,14-15H,1-5H3,(H,21,22)/t14-,15-/m1/s1. The lowest BCUT2D eigenvalue weighted by Gasteiger charge is -2.20. The Bertz CT molecular complexity index is 712. The van der Waals surface area contributed by atoms with E-state index in [4.69, 9.17) is 14.2 Å². The molecule has 5 nitrogen and oxygen atoms in total. The maximum Gasteiger partial charge on any atom is 0.261 e. The molecule has 0 aliphatic carbocycles. The van der Waals surface area contributed by atoms with Crippen LogP contribution in [0.5, 0.6) is 17.2 Å². The molecule has 0 radical (unpaired) electrons. The van der Waals surface area contributed by atoms with Gasteiger partial charge in [-0.05, 0) is 50.6 Å². The van der Waals surface area contributed by atoms with Crippen molar-refractivity contribution in [2.24, 2.45) is 0 Å². The van der Waals surface area contributed by atoms with Gasteiger partial charge in [0.15, 0.2) is 17.6 Å². The molecule has 0 aromatic heterocycles. The topological polar surface area (TPSA) is 56.8 Å². The lowest BCUT2D eigenvalue weighted by molar-refractivity contribution is -0.127. The molecular weight excluding hydrogens is 318 g/mol. The Morgan fingerprint density at radius 1 is 0.960 bits per heavy atom. The number of hydrogen-bond acceptors (Lipinski definition) is 4. The van der Waals surface area contributed by atoms with Crippen LogP contribution in [-0.2, 0) is 4.79 Å². The molecule has 1 amide bonds. The summed E-state index contributed by atoms with van der Waals surface area (Å²) in [6, 6.07) is 13.0. The molecule has 2 aromatic rings. The van der Waals surface area contributed by atoms with E-state index in [9.17, 15) is 4.79 Å². The molecule has 2 atom stereocenters. The third-order valence-corrected chi connectivity index (χ3v) is 3.97. The van der Waals surface area contributed by atoms with Crippen LogP contribution in [0.1, 0.15) is 31.0 Å². The maximum atomic E-state index is 12.4. The third kappa shape index (κ3) is 4.89. The molecule has 0 saturated heterocycles. The lowest BCUT2D eigenvalue weighted by atomic mass is 10.1. The number of benzene rings is 2. The summed E-state index contributed by atoms with van der Waals surface area (Å²) in [5.74, 6) is 1.78. The van der Waals surface area contributed by atoms with Crippen LogP contribution in [0.3, 0.4) is 0 Å². The van der Waals surface area contributed by atoms with Crippen LogP contribution in [0.2, 0.25) is 0 Å². The molecule has 0 aliphatic heterocycles. The second kappa shape index (κ2) is 8.42. The van der Waals surface area contributed by atoms with Gasteiger partial charge in [-0.3, -0.25) is 4.79 Å². The first kappa shape index (κ1) is 18.6. The summed E-state index contributed by atoms with van der Waals surface area (Å²) in [4.78, 5) is 12.4. The number of nitrogens with one attached hydrogen (secondary N) is 1. The summed E-state index contributed by atoms with van der Waals surface area (Å²) < 4.78 is 16.2. The fourth-order valence-electron chi connectivity index (χ4n) is 2.41. The van der Waals surface area contributed by atoms with Gasteiger partial charge in [-0.25, -0.2) is 0 Å². The molecule has 0 bridgehead atoms. The highest BCUT2D eigenvalue weighted by atomic mass is 16.5. The van der Waals surface area contributed by atoms with Gasteiger partial charge in [-0.2, -0.15) is 0 Å². The summed E-state index contributed by atoms with van der Waals surface area (Å²) in [7, 11) is 3.18. The number of ether oxygens (including phenoxy) is 3. The second-order valence-electron chi connectivity index (χ2n) is 5.92. The van der Waals surface area contributed by atoms with E-state index in [0.717, 1.165) is 11.1 Å². The van der Waals surface area contributed by atoms with Crippen LogP contribution in [-0.4, -0.2) is 26.2 Å². The first-order chi connectivity index (χ1) is 11.9. The van der Waals surface area contributed by atoms with Crippen molar-refractivity contribution in [3.63, 3.8) is 0 Å². The van der Waals surface area contributed by atoms with Gasteiger partial charge < -0.3 is 19.5 Å². The number of methoxy groups -OCH3 is 2. The first-order valence-electron chi connectivity index (χ1n) is 8.20. The SMILES string of the molecule is COc1ccc([C@@H](C)NC(=O)[C@@H](C)Oc2ccc(C)cc2)cc1OC. The zero-order valence-electron chi connectivity index (χ0n) is 15.3. The summed E-state index contributed by atoms with van der Waals surface area (Å²) >= 11 is 0. The monoisotopic (exact) mass is 343 g/mol. The molecule has 0 heterocycles. The Kier molecular flexibility index (Phi) is 6.28. The van der Waals surface area contributed by atoms with E-state index in [1.807, 2.05) is 56.3 Å². The molecule has 2 rings (SSSR count). The van der Waals surface area contributed by atoms with Crippen LogP contribution in [0.25, 0.3) is 0 Å². The average Bonchev–Trinajstić information content (AvgIpc) is 2.62. The second-order valence-corrected chi connectivity index (χ2v) is 5.92. The fraction of sp³-hybridized carbons (Fsp3) is 0.350. The van der Waals surface area contributed by atoms with Crippen molar-refractivity contribution in [2.45, 2.75) is 32.9 Å². The Morgan fingerprint density at radius 3 is 2.20 bits per heavy atom. The number of amides is 1. The van der Waals surface area contributed by atoms with E-state index in [2.05, 4.69) is 5.32 Å². The van der Waals surface area contributed by atoms with Gasteiger partial charge in [0.25, 0.3) is 5.91 Å². The van der Waals surface area contributed by atoms with Crippen molar-refractivity contribution < 1.29 is 19.0 Å². The van der Waals surface area contributed by atoms with Crippen LogP contribution in [0.15, 0.2) is 42.5 Å². The number of aryl methyl sites for hydroxylation is 1. The maximum absolute atomic E-state index is 12.4. The Hall–Kier alpha value is -2.69. The van der Waals surface area contributed by atoms with Crippen LogP contribution < -0.4 is 19.5 Å². The molecule has 5 heteroatoms. The van der Waals surface area contributed by atoms with Gasteiger partial charge in [0, 0.05) is 0 Å². The van der Waals surface area contributed by atoms with Gasteiger partial charge in [0.1, 0.15) is 5.75 Å². The minimum Gasteiger partial charge on any atom is -0.493 e. The summed E-state index contributed by atoms with van der Waals surface area (Å²) in [6.45, 7) is 5.65. The summed E-state index contributed by atoms with van der Waals surface area (Å²) in [5.41, 5.74) is 2.07. The van der Waals surface area contributed by atoms with Gasteiger partial charge in [-0.15, -0.1) is 0 Å². The Labute approximate surface area is 148 Å². The summed E-state index contributed by atoms with van der Waals surface area (Å²) in [5, 5.41) is 2.96. The average molecular weight is 343 g/mol. The molecule has 0 spiro atoms. The largest absolute Gasteiger partial charge is 0.493 e. The van der Waals surface area contributed by atoms with Crippen LogP contribution in [0.4, 0.5) is 0 Å². The normalized spacial score (nSPS) is 12.8. The first-order valence-corrected chi connectivity index (χ1v) is 8.20. The number of carbonyl (C=O) groups is 1. The van der Waals surface area contributed by atoms with Gasteiger partial charge >= 0.3 is 0 Å². The predicted molar refractivity (Wildman–Crippen MR) is 97.4 cm³/mol. The van der Waals surface area contributed by atoms with E-state index in [-0.39, 0.29) is 11.9 Å². The van der Waals surface area contributed by atoms with Crippen molar-refractivity contribution in [3.8, 4) is 17.2 Å². The van der Waals surface area contributed by atoms with E-state index in [0.29, 0.717) is 17.2 Å². The Balaban J connectivity index is 2.00. The molecule has 25 heavy (non-hydrogen) atoms. The molecule has 0 saturated carbocycles. The van der Waals surface area contributed by atoms with Gasteiger partial charge in [0.05, 0.1) is 20.3 Å². The van der Waals surface area contributed by atoms with Crippen molar-refractivity contribution in [1.29, 1.82) is 0 Å². The fourth-order valence-corrected chi connectivity index (χ4v) is 2.41. The Morgan fingerprint density at radius 2 is 1.60 bits per heavy atom. The molecule has 0 aliphatic rings. The molecule has 0 fully saturated rings. The van der Waals surface area contributed by atoms with E-state index in [1.54, 1.807) is 21.1 Å². The highest BCUT2D eigenvalue weighted by molar-refractivity contribution is 5.81.